The third-order valence-electron chi connectivity index (χ3n) is 8.97. The van der Waals surface area contributed by atoms with Crippen molar-refractivity contribution >= 4 is 0 Å². The Bertz CT molecular complexity index is 548. The van der Waals surface area contributed by atoms with E-state index in [2.05, 4.69) is 38.1 Å². The standard InChI is InChI=1S/C26H40/c1-3-5-14-25-15-18-26(19-16-25,20-17-25)24-12-10-23(11-13-24)22-8-6-21(4-2)7-9-22/h6-9,23-24H,3-5,10-20H2,1-2H3/t23-,24-,25?,26?. The normalized spacial score (nSPS) is 37.0. The van der Waals surface area contributed by atoms with Gasteiger partial charge in [-0.2, -0.15) is 0 Å². The molecule has 0 spiro atoms. The first kappa shape index (κ1) is 18.6. The van der Waals surface area contributed by atoms with Gasteiger partial charge >= 0.3 is 0 Å². The van der Waals surface area contributed by atoms with E-state index in [0.29, 0.717) is 0 Å². The zero-order valence-electron chi connectivity index (χ0n) is 17.4. The molecule has 144 valence electrons. The average molecular weight is 353 g/mol. The summed E-state index contributed by atoms with van der Waals surface area (Å²) in [6, 6.07) is 9.56. The van der Waals surface area contributed by atoms with Gasteiger partial charge in [-0.05, 0) is 111 Å². The summed E-state index contributed by atoms with van der Waals surface area (Å²) in [6.45, 7) is 4.62. The van der Waals surface area contributed by atoms with E-state index < -0.39 is 0 Å². The minimum absolute atomic E-state index is 0.755. The fourth-order valence-electron chi connectivity index (χ4n) is 6.90. The summed E-state index contributed by atoms with van der Waals surface area (Å²) in [4.78, 5) is 0. The van der Waals surface area contributed by atoms with Gasteiger partial charge in [-0.1, -0.05) is 51.0 Å². The van der Waals surface area contributed by atoms with Crippen molar-refractivity contribution in [2.45, 2.75) is 110 Å². The van der Waals surface area contributed by atoms with Crippen LogP contribution in [0.5, 0.6) is 0 Å². The molecule has 4 saturated carbocycles. The predicted molar refractivity (Wildman–Crippen MR) is 113 cm³/mol. The van der Waals surface area contributed by atoms with Crippen LogP contribution in [0, 0.1) is 16.7 Å². The van der Waals surface area contributed by atoms with Crippen molar-refractivity contribution in [3.63, 3.8) is 0 Å². The molecule has 0 radical (unpaired) electrons. The number of hydrogen-bond donors (Lipinski definition) is 0. The molecule has 0 amide bonds. The van der Waals surface area contributed by atoms with Gasteiger partial charge in [0.15, 0.2) is 0 Å². The lowest BCUT2D eigenvalue weighted by molar-refractivity contribution is -0.0629. The minimum Gasteiger partial charge on any atom is -0.0654 e. The van der Waals surface area contributed by atoms with E-state index in [9.17, 15) is 0 Å². The summed E-state index contributed by atoms with van der Waals surface area (Å²) >= 11 is 0. The van der Waals surface area contributed by atoms with Gasteiger partial charge in [0.25, 0.3) is 0 Å². The minimum atomic E-state index is 0.755. The monoisotopic (exact) mass is 352 g/mol. The summed E-state index contributed by atoms with van der Waals surface area (Å²) in [5, 5.41) is 0. The molecular weight excluding hydrogens is 312 g/mol. The Morgan fingerprint density at radius 3 is 1.96 bits per heavy atom. The number of aryl methyl sites for hydroxylation is 1. The number of rotatable bonds is 6. The molecule has 0 nitrogen and oxygen atoms in total. The molecule has 26 heavy (non-hydrogen) atoms. The van der Waals surface area contributed by atoms with Gasteiger partial charge in [0.2, 0.25) is 0 Å². The summed E-state index contributed by atoms with van der Waals surface area (Å²) in [5.74, 6) is 1.88. The fourth-order valence-corrected chi connectivity index (χ4v) is 6.90. The molecule has 0 unspecified atom stereocenters. The second kappa shape index (κ2) is 7.69. The number of hydrogen-bond acceptors (Lipinski definition) is 0. The lowest BCUT2D eigenvalue weighted by Crippen LogP contribution is -2.46. The summed E-state index contributed by atoms with van der Waals surface area (Å²) < 4.78 is 0. The lowest BCUT2D eigenvalue weighted by atomic mass is 9.47. The van der Waals surface area contributed by atoms with E-state index in [4.69, 9.17) is 0 Å². The summed E-state index contributed by atoms with van der Waals surface area (Å²) in [7, 11) is 0. The van der Waals surface area contributed by atoms with Gasteiger partial charge in [-0.25, -0.2) is 0 Å². The summed E-state index contributed by atoms with van der Waals surface area (Å²) in [5.41, 5.74) is 4.63. The third-order valence-corrected chi connectivity index (χ3v) is 8.97. The van der Waals surface area contributed by atoms with Crippen LogP contribution in [0.15, 0.2) is 24.3 Å². The first-order valence-electron chi connectivity index (χ1n) is 11.8. The molecule has 0 saturated heterocycles. The first-order valence-corrected chi connectivity index (χ1v) is 11.8. The van der Waals surface area contributed by atoms with E-state index in [1.807, 2.05) is 0 Å². The maximum atomic E-state index is 2.42. The van der Waals surface area contributed by atoms with Crippen LogP contribution in [-0.2, 0) is 6.42 Å². The second-order valence-electron chi connectivity index (χ2n) is 10.1. The number of fused-ring (bicyclic) bond motifs is 3. The Morgan fingerprint density at radius 1 is 0.808 bits per heavy atom. The Labute approximate surface area is 162 Å². The van der Waals surface area contributed by atoms with Gasteiger partial charge in [0, 0.05) is 0 Å². The fraction of sp³-hybridized carbons (Fsp3) is 0.769. The van der Waals surface area contributed by atoms with Crippen LogP contribution in [0.25, 0.3) is 0 Å². The number of benzene rings is 1. The average Bonchev–Trinajstić information content (AvgIpc) is 2.74. The molecule has 4 aliphatic rings. The summed E-state index contributed by atoms with van der Waals surface area (Å²) in [6.07, 6.45) is 20.8. The molecule has 0 atom stereocenters. The highest BCUT2D eigenvalue weighted by Gasteiger charge is 2.51. The Kier molecular flexibility index (Phi) is 5.49. The van der Waals surface area contributed by atoms with Crippen LogP contribution in [0.3, 0.4) is 0 Å². The smallest absolute Gasteiger partial charge is 0.0162 e. The molecule has 4 fully saturated rings. The van der Waals surface area contributed by atoms with Gasteiger partial charge in [-0.3, -0.25) is 0 Å². The Balaban J connectivity index is 1.34. The SMILES string of the molecule is CCCCC12CCC([C@H]3CC[C@H](c4ccc(CC)cc4)CC3)(CC1)CC2. The van der Waals surface area contributed by atoms with Gasteiger partial charge < -0.3 is 0 Å². The van der Waals surface area contributed by atoms with Gasteiger partial charge in [-0.15, -0.1) is 0 Å². The lowest BCUT2D eigenvalue weighted by Gasteiger charge is -2.58. The molecule has 0 heterocycles. The van der Waals surface area contributed by atoms with Gasteiger partial charge in [0.1, 0.15) is 0 Å². The molecule has 0 aromatic heterocycles. The quantitative estimate of drug-likeness (QED) is 0.485. The molecular formula is C26H40. The van der Waals surface area contributed by atoms with Crippen molar-refractivity contribution in [1.82, 2.24) is 0 Å². The van der Waals surface area contributed by atoms with Gasteiger partial charge in [0.05, 0.1) is 0 Å². The highest BCUT2D eigenvalue weighted by atomic mass is 14.6. The van der Waals surface area contributed by atoms with Crippen molar-refractivity contribution in [2.24, 2.45) is 16.7 Å². The second-order valence-corrected chi connectivity index (χ2v) is 10.1. The zero-order chi connectivity index (χ0) is 18.0. The van der Waals surface area contributed by atoms with Crippen LogP contribution in [0.4, 0.5) is 0 Å². The maximum absolute atomic E-state index is 2.42. The first-order chi connectivity index (χ1) is 12.7. The molecule has 0 heteroatoms. The predicted octanol–water partition coefficient (Wildman–Crippen LogP) is 8.05. The van der Waals surface area contributed by atoms with Crippen molar-refractivity contribution in [1.29, 1.82) is 0 Å². The van der Waals surface area contributed by atoms with Crippen LogP contribution >= 0.6 is 0 Å². The number of unbranched alkanes of at least 4 members (excludes halogenated alkanes) is 1. The molecule has 2 bridgehead atoms. The highest BCUT2D eigenvalue weighted by molar-refractivity contribution is 5.26. The molecule has 1 aromatic carbocycles. The van der Waals surface area contributed by atoms with E-state index >= 15 is 0 Å². The van der Waals surface area contributed by atoms with Crippen molar-refractivity contribution in [2.75, 3.05) is 0 Å². The van der Waals surface area contributed by atoms with Crippen LogP contribution < -0.4 is 0 Å². The van der Waals surface area contributed by atoms with Crippen molar-refractivity contribution in [3.05, 3.63) is 35.4 Å². The molecule has 5 rings (SSSR count). The van der Waals surface area contributed by atoms with E-state index in [-0.39, 0.29) is 0 Å². The van der Waals surface area contributed by atoms with Crippen LogP contribution in [-0.4, -0.2) is 0 Å². The highest BCUT2D eigenvalue weighted by Crippen LogP contribution is 2.63. The largest absolute Gasteiger partial charge is 0.0654 e. The van der Waals surface area contributed by atoms with Crippen LogP contribution in [0.2, 0.25) is 0 Å². The van der Waals surface area contributed by atoms with Crippen molar-refractivity contribution < 1.29 is 0 Å². The molecule has 0 N–H and O–H groups in total. The van der Waals surface area contributed by atoms with E-state index in [1.54, 1.807) is 44.1 Å². The van der Waals surface area contributed by atoms with Crippen molar-refractivity contribution in [3.8, 4) is 0 Å². The molecule has 1 aromatic rings. The molecule has 4 aliphatic carbocycles. The Hall–Kier alpha value is -0.780. The molecule has 0 aliphatic heterocycles. The maximum Gasteiger partial charge on any atom is -0.0162 e. The topological polar surface area (TPSA) is 0 Å². The van der Waals surface area contributed by atoms with E-state index in [1.165, 1.54) is 50.5 Å². The van der Waals surface area contributed by atoms with Crippen LogP contribution in [0.1, 0.15) is 114 Å². The van der Waals surface area contributed by atoms with E-state index in [0.717, 1.165) is 29.1 Å². The zero-order valence-corrected chi connectivity index (χ0v) is 17.4. The third kappa shape index (κ3) is 3.50. The Morgan fingerprint density at radius 2 is 1.42 bits per heavy atom.